The summed E-state index contributed by atoms with van der Waals surface area (Å²) in [5.41, 5.74) is 2.90. The predicted molar refractivity (Wildman–Crippen MR) is 213 cm³/mol. The number of carbonyl (C=O) groups excluding carboxylic acids is 2. The Morgan fingerprint density at radius 3 is 2.05 bits per heavy atom. The van der Waals surface area contributed by atoms with E-state index in [0.29, 0.717) is 33.9 Å². The lowest BCUT2D eigenvalue weighted by Crippen LogP contribution is -2.33. The number of nitrogens with one attached hydrogen (secondary N) is 2. The number of fused-ring (bicyclic) bond motifs is 2. The van der Waals surface area contributed by atoms with Crippen LogP contribution in [0.4, 0.5) is 11.4 Å². The maximum absolute atomic E-state index is 13.4. The third kappa shape index (κ3) is 11.6. The molecule has 57 heavy (non-hydrogen) atoms. The summed E-state index contributed by atoms with van der Waals surface area (Å²) in [6, 6.07) is 10.0. The van der Waals surface area contributed by atoms with Crippen LogP contribution >= 0.6 is 0 Å². The van der Waals surface area contributed by atoms with E-state index in [9.17, 15) is 48.7 Å². The molecule has 2 aliphatic heterocycles. The first-order valence-electron chi connectivity index (χ1n) is 18.1. The first-order chi connectivity index (χ1) is 26.3. The Kier molecular flexibility index (Phi) is 13.9. The Balaban J connectivity index is 1.76. The lowest BCUT2D eigenvalue weighted by Gasteiger charge is -2.27. The normalized spacial score (nSPS) is 16.9. The third-order valence-corrected chi connectivity index (χ3v) is 12.2. The van der Waals surface area contributed by atoms with Gasteiger partial charge in [0.2, 0.25) is 5.69 Å². The van der Waals surface area contributed by atoms with Crippen LogP contribution in [0, 0.1) is 0 Å². The lowest BCUT2D eigenvalue weighted by atomic mass is 9.78. The van der Waals surface area contributed by atoms with Crippen molar-refractivity contribution in [1.29, 1.82) is 0 Å². The number of carboxylic acids is 1. The fraction of sp³-hybridized carbons (Fsp3) is 0.459. The first kappa shape index (κ1) is 45.2. The quantitative estimate of drug-likeness (QED) is 0.0674. The van der Waals surface area contributed by atoms with Crippen LogP contribution in [0.15, 0.2) is 60.3 Å². The highest BCUT2D eigenvalue weighted by Gasteiger charge is 2.47. The second kappa shape index (κ2) is 17.6. The van der Waals surface area contributed by atoms with Gasteiger partial charge in [0, 0.05) is 67.0 Å². The topological polar surface area (TPSA) is 265 Å². The largest absolute Gasteiger partial charge is 0.481 e. The van der Waals surface area contributed by atoms with Crippen molar-refractivity contribution in [3.05, 3.63) is 82.6 Å². The standard InChI is InChI=1S/C37H48N4O13S3/c1-36(2)27-24-25(34(44)38-17-7-14-32(42)43)15-16-28(27)40(19-8-21-55(46,47)48)30(36)12-6-13-31-37(3,4)33-26(35(45)39-18-23-57(52,53)54)10-5-11-29(33)41(31)20-9-22-56(49,50)51/h5-6,10-13,15-16,24H,7-9,14,17-23H2,1-4H3,(H5-,38,39,42,43,44,45,46,47,48,49,50,51,52,53,54)/p+1. The van der Waals surface area contributed by atoms with Gasteiger partial charge in [-0.1, -0.05) is 26.0 Å². The first-order valence-corrected chi connectivity index (χ1v) is 22.9. The molecule has 0 saturated carbocycles. The minimum Gasteiger partial charge on any atom is -0.481 e. The van der Waals surface area contributed by atoms with Gasteiger partial charge in [0.25, 0.3) is 42.2 Å². The van der Waals surface area contributed by atoms with E-state index in [1.54, 1.807) is 48.6 Å². The van der Waals surface area contributed by atoms with Gasteiger partial charge in [0.05, 0.1) is 33.8 Å². The molecule has 312 valence electrons. The summed E-state index contributed by atoms with van der Waals surface area (Å²) in [4.78, 5) is 39.2. The molecule has 17 nitrogen and oxygen atoms in total. The van der Waals surface area contributed by atoms with Crippen molar-refractivity contribution in [1.82, 2.24) is 10.6 Å². The van der Waals surface area contributed by atoms with Gasteiger partial charge in [-0.15, -0.1) is 0 Å². The number of amides is 2. The van der Waals surface area contributed by atoms with E-state index in [1.807, 2.05) is 43.2 Å². The van der Waals surface area contributed by atoms with Gasteiger partial charge in [0.1, 0.15) is 6.54 Å². The van der Waals surface area contributed by atoms with Crippen molar-refractivity contribution in [2.24, 2.45) is 0 Å². The molecule has 2 aromatic rings. The smallest absolute Gasteiger partial charge is 0.303 e. The molecule has 0 aliphatic carbocycles. The van der Waals surface area contributed by atoms with Gasteiger partial charge >= 0.3 is 5.97 Å². The van der Waals surface area contributed by atoms with E-state index < -0.39 is 76.2 Å². The SMILES string of the molecule is CC1(C)C(/C=C/C=C2/N(CCCS(=O)(=O)O)c3ccc(C(=O)NCCCC(=O)O)cc3C2(C)C)=[N+](CCCS(=O)(=O)O)c2cccc(C(=O)NCCS(=O)(=O)O)c21. The van der Waals surface area contributed by atoms with Crippen LogP contribution in [0.2, 0.25) is 0 Å². The second-order valence-electron chi connectivity index (χ2n) is 14.9. The maximum Gasteiger partial charge on any atom is 0.303 e. The van der Waals surface area contributed by atoms with Crippen molar-refractivity contribution in [3.8, 4) is 0 Å². The summed E-state index contributed by atoms with van der Waals surface area (Å²) in [5, 5.41) is 14.2. The van der Waals surface area contributed by atoms with Crippen molar-refractivity contribution in [2.75, 3.05) is 48.3 Å². The number of nitrogens with zero attached hydrogens (tertiary/aromatic N) is 2. The van der Waals surface area contributed by atoms with Gasteiger partial charge in [-0.3, -0.25) is 28.0 Å². The third-order valence-electron chi connectivity index (χ3n) is 9.86. The molecule has 0 radical (unpaired) electrons. The van der Waals surface area contributed by atoms with E-state index in [-0.39, 0.29) is 57.4 Å². The summed E-state index contributed by atoms with van der Waals surface area (Å²) in [5.74, 6) is -3.66. The molecule has 2 aliphatic rings. The van der Waals surface area contributed by atoms with Gasteiger partial charge in [0.15, 0.2) is 5.71 Å². The molecular formula is C37H49N4O13S3+. The predicted octanol–water partition coefficient (Wildman–Crippen LogP) is 3.07. The zero-order valence-corrected chi connectivity index (χ0v) is 34.5. The number of hydrogen-bond donors (Lipinski definition) is 6. The van der Waals surface area contributed by atoms with Crippen molar-refractivity contribution >= 4 is 65.2 Å². The summed E-state index contributed by atoms with van der Waals surface area (Å²) < 4.78 is 99.0. The highest BCUT2D eigenvalue weighted by Crippen LogP contribution is 2.48. The molecule has 0 aromatic heterocycles. The van der Waals surface area contributed by atoms with Crippen LogP contribution in [0.25, 0.3) is 0 Å². The monoisotopic (exact) mass is 853 g/mol. The Bertz CT molecular complexity index is 2350. The number of carboxylic acid groups (broad SMARTS) is 1. The fourth-order valence-electron chi connectivity index (χ4n) is 7.28. The van der Waals surface area contributed by atoms with Gasteiger partial charge in [-0.05, 0) is 62.6 Å². The van der Waals surface area contributed by atoms with E-state index in [1.165, 1.54) is 0 Å². The molecule has 4 rings (SSSR count). The number of carbonyl (C=O) groups is 3. The summed E-state index contributed by atoms with van der Waals surface area (Å²) in [7, 11) is -12.9. The Morgan fingerprint density at radius 1 is 0.789 bits per heavy atom. The molecule has 6 N–H and O–H groups in total. The molecule has 0 unspecified atom stereocenters. The van der Waals surface area contributed by atoms with Crippen LogP contribution in [0.3, 0.4) is 0 Å². The zero-order valence-electron chi connectivity index (χ0n) is 32.1. The molecule has 2 amide bonds. The second-order valence-corrected chi connectivity index (χ2v) is 19.6. The maximum atomic E-state index is 13.4. The molecule has 0 bridgehead atoms. The van der Waals surface area contributed by atoms with E-state index in [2.05, 4.69) is 10.6 Å². The molecule has 0 fully saturated rings. The Morgan fingerprint density at radius 2 is 1.42 bits per heavy atom. The molecule has 0 atom stereocenters. The van der Waals surface area contributed by atoms with Crippen molar-refractivity contribution in [2.45, 2.75) is 64.2 Å². The average molecular weight is 854 g/mol. The van der Waals surface area contributed by atoms with E-state index in [0.717, 1.165) is 5.56 Å². The zero-order chi connectivity index (χ0) is 42.6. The van der Waals surface area contributed by atoms with E-state index >= 15 is 0 Å². The molecule has 2 heterocycles. The van der Waals surface area contributed by atoms with Crippen molar-refractivity contribution < 1.29 is 63.0 Å². The summed E-state index contributed by atoms with van der Waals surface area (Å²) >= 11 is 0. The van der Waals surface area contributed by atoms with E-state index in [4.69, 9.17) is 9.66 Å². The van der Waals surface area contributed by atoms with Gasteiger partial charge in [-0.25, -0.2) is 0 Å². The Labute approximate surface area is 332 Å². The number of aliphatic carboxylic acids is 1. The van der Waals surface area contributed by atoms with Crippen LogP contribution in [-0.2, 0) is 46.0 Å². The Hall–Kier alpha value is -4.47. The number of rotatable bonds is 19. The van der Waals surface area contributed by atoms with Crippen molar-refractivity contribution in [3.63, 3.8) is 0 Å². The van der Waals surface area contributed by atoms with Crippen LogP contribution in [0.5, 0.6) is 0 Å². The summed E-state index contributed by atoms with van der Waals surface area (Å²) in [6.07, 6.45) is 5.63. The van der Waals surface area contributed by atoms with Crippen LogP contribution < -0.4 is 15.5 Å². The number of benzene rings is 2. The number of hydrogen-bond acceptors (Lipinski definition) is 10. The lowest BCUT2D eigenvalue weighted by molar-refractivity contribution is -0.437. The highest BCUT2D eigenvalue weighted by molar-refractivity contribution is 7.86. The van der Waals surface area contributed by atoms with Crippen LogP contribution in [-0.4, -0.2) is 116 Å². The number of allylic oxidation sites excluding steroid dienone is 4. The molecule has 0 saturated heterocycles. The summed E-state index contributed by atoms with van der Waals surface area (Å²) in [6.45, 7) is 7.71. The molecular weight excluding hydrogens is 805 g/mol. The molecule has 20 heteroatoms. The minimum absolute atomic E-state index is 0.0247. The molecule has 0 spiro atoms. The van der Waals surface area contributed by atoms with Gasteiger partial charge in [-0.2, -0.15) is 29.8 Å². The minimum atomic E-state index is -4.34. The fourth-order valence-corrected chi connectivity index (χ4v) is 8.62. The van der Waals surface area contributed by atoms with Crippen LogP contribution in [0.1, 0.15) is 85.2 Å². The molecule has 2 aromatic carbocycles. The van der Waals surface area contributed by atoms with Gasteiger partial charge < -0.3 is 20.6 Å². The average Bonchev–Trinajstić information content (AvgIpc) is 3.43. The number of anilines is 1. The highest BCUT2D eigenvalue weighted by atomic mass is 32.2.